The van der Waals surface area contributed by atoms with Gasteiger partial charge < -0.3 is 19.5 Å². The van der Waals surface area contributed by atoms with Crippen molar-refractivity contribution >= 4 is 6.09 Å². The smallest absolute Gasteiger partial charge is 0.408 e. The first-order valence-electron chi connectivity index (χ1n) is 6.98. The van der Waals surface area contributed by atoms with Gasteiger partial charge in [-0.05, 0) is 34.6 Å². The zero-order chi connectivity index (χ0) is 15.6. The molecular weight excluding hydrogens is 258 g/mol. The van der Waals surface area contributed by atoms with Crippen LogP contribution >= 0.6 is 0 Å². The van der Waals surface area contributed by atoms with Crippen molar-refractivity contribution in [1.29, 1.82) is 0 Å². The molecule has 0 aromatic heterocycles. The van der Waals surface area contributed by atoms with Crippen LogP contribution in [0.3, 0.4) is 0 Å². The zero-order valence-electron chi connectivity index (χ0n) is 13.4. The van der Waals surface area contributed by atoms with Gasteiger partial charge >= 0.3 is 6.09 Å². The van der Waals surface area contributed by atoms with Gasteiger partial charge in [0.15, 0.2) is 5.79 Å². The Balaban J connectivity index is 2.71. The maximum atomic E-state index is 11.9. The van der Waals surface area contributed by atoms with E-state index in [1.54, 1.807) is 0 Å². The number of carbonyl (C=O) groups is 1. The Bertz CT molecular complexity index is 359. The third-order valence-corrected chi connectivity index (χ3v) is 3.02. The molecule has 1 rings (SSSR count). The summed E-state index contributed by atoms with van der Waals surface area (Å²) in [5.41, 5.74) is -0.528. The van der Waals surface area contributed by atoms with Gasteiger partial charge in [-0.3, -0.25) is 0 Å². The fourth-order valence-electron chi connectivity index (χ4n) is 2.02. The molecule has 3 atom stereocenters. The van der Waals surface area contributed by atoms with Gasteiger partial charge in [-0.1, -0.05) is 13.0 Å². The van der Waals surface area contributed by atoms with Crippen molar-refractivity contribution in [3.63, 3.8) is 0 Å². The molecule has 1 aliphatic heterocycles. The molecule has 0 bridgehead atoms. The summed E-state index contributed by atoms with van der Waals surface area (Å²) in [5.74, 6) is -0.563. The van der Waals surface area contributed by atoms with Crippen LogP contribution in [0, 0.1) is 5.92 Å². The van der Waals surface area contributed by atoms with Gasteiger partial charge in [0.25, 0.3) is 0 Å². The Morgan fingerprint density at radius 1 is 1.50 bits per heavy atom. The summed E-state index contributed by atoms with van der Waals surface area (Å²) < 4.78 is 16.8. The van der Waals surface area contributed by atoms with Gasteiger partial charge in [-0.25, -0.2) is 4.79 Å². The standard InChI is InChI=1S/C15H27NO4/c1-8-10(2)12-11(9-18-15(6,7)19-12)16-13(17)20-14(3,4)5/h8,10-12H,1,9H2,2-7H3,(H,16,17)/t10-,11+,12-/m1/s1. The predicted octanol–water partition coefficient (Wildman–Crippen LogP) is 2.85. The van der Waals surface area contributed by atoms with E-state index >= 15 is 0 Å². The van der Waals surface area contributed by atoms with E-state index in [-0.39, 0.29) is 18.1 Å². The van der Waals surface area contributed by atoms with Crippen LogP contribution in [0.5, 0.6) is 0 Å². The lowest BCUT2D eigenvalue weighted by Crippen LogP contribution is -2.58. The largest absolute Gasteiger partial charge is 0.444 e. The van der Waals surface area contributed by atoms with Crippen LogP contribution < -0.4 is 5.32 Å². The molecule has 1 amide bonds. The van der Waals surface area contributed by atoms with Crippen LogP contribution in [0.4, 0.5) is 4.79 Å². The van der Waals surface area contributed by atoms with Crippen molar-refractivity contribution < 1.29 is 19.0 Å². The zero-order valence-corrected chi connectivity index (χ0v) is 13.4. The molecule has 0 aromatic carbocycles. The third-order valence-electron chi connectivity index (χ3n) is 3.02. The van der Waals surface area contributed by atoms with Gasteiger partial charge in [0.05, 0.1) is 18.8 Å². The molecule has 0 unspecified atom stereocenters. The van der Waals surface area contributed by atoms with E-state index in [1.165, 1.54) is 0 Å². The molecule has 1 fully saturated rings. The molecule has 0 saturated carbocycles. The van der Waals surface area contributed by atoms with Crippen molar-refractivity contribution in [3.05, 3.63) is 12.7 Å². The molecule has 1 aliphatic rings. The van der Waals surface area contributed by atoms with E-state index in [9.17, 15) is 4.79 Å². The van der Waals surface area contributed by atoms with Crippen LogP contribution in [0.2, 0.25) is 0 Å². The number of rotatable bonds is 3. The highest BCUT2D eigenvalue weighted by Crippen LogP contribution is 2.27. The first-order valence-corrected chi connectivity index (χ1v) is 6.98. The van der Waals surface area contributed by atoms with E-state index in [2.05, 4.69) is 11.9 Å². The van der Waals surface area contributed by atoms with Crippen LogP contribution in [-0.4, -0.2) is 36.2 Å². The number of amides is 1. The molecule has 0 radical (unpaired) electrons. The molecule has 116 valence electrons. The normalized spacial score (nSPS) is 27.5. The fraction of sp³-hybridized carbons (Fsp3) is 0.800. The summed E-state index contributed by atoms with van der Waals surface area (Å²) in [7, 11) is 0. The minimum atomic E-state index is -0.659. The highest BCUT2D eigenvalue weighted by atomic mass is 16.7. The van der Waals surface area contributed by atoms with Crippen LogP contribution in [0.15, 0.2) is 12.7 Å². The van der Waals surface area contributed by atoms with E-state index < -0.39 is 17.5 Å². The van der Waals surface area contributed by atoms with Gasteiger partial charge in [-0.2, -0.15) is 0 Å². The Hall–Kier alpha value is -1.07. The molecular formula is C15H27NO4. The van der Waals surface area contributed by atoms with Crippen LogP contribution in [0.1, 0.15) is 41.5 Å². The first kappa shape index (κ1) is 17.0. The lowest BCUT2D eigenvalue weighted by Gasteiger charge is -2.43. The average molecular weight is 285 g/mol. The molecule has 0 spiro atoms. The molecule has 5 heteroatoms. The summed E-state index contributed by atoms with van der Waals surface area (Å²) in [6.07, 6.45) is 1.16. The lowest BCUT2D eigenvalue weighted by atomic mass is 9.96. The molecule has 0 aromatic rings. The summed E-state index contributed by atoms with van der Waals surface area (Å²) in [4.78, 5) is 11.9. The lowest BCUT2D eigenvalue weighted by molar-refractivity contribution is -0.287. The summed E-state index contributed by atoms with van der Waals surface area (Å²) >= 11 is 0. The summed E-state index contributed by atoms with van der Waals surface area (Å²) in [6, 6.07) is -0.258. The highest BCUT2D eigenvalue weighted by Gasteiger charge is 2.39. The Kier molecular flexibility index (Phi) is 5.21. The Labute approximate surface area is 121 Å². The number of hydrogen-bond donors (Lipinski definition) is 1. The molecule has 0 aliphatic carbocycles. The van der Waals surface area contributed by atoms with Crippen LogP contribution in [-0.2, 0) is 14.2 Å². The van der Waals surface area contributed by atoms with Crippen molar-refractivity contribution in [2.24, 2.45) is 5.92 Å². The number of carbonyl (C=O) groups excluding carboxylic acids is 1. The highest BCUT2D eigenvalue weighted by molar-refractivity contribution is 5.68. The van der Waals surface area contributed by atoms with Gasteiger partial charge in [0.1, 0.15) is 5.60 Å². The second-order valence-electron chi connectivity index (χ2n) is 6.64. The monoisotopic (exact) mass is 285 g/mol. The van der Waals surface area contributed by atoms with Gasteiger partial charge in [0.2, 0.25) is 0 Å². The van der Waals surface area contributed by atoms with Crippen molar-refractivity contribution in [3.8, 4) is 0 Å². The van der Waals surface area contributed by atoms with E-state index in [1.807, 2.05) is 47.6 Å². The first-order chi connectivity index (χ1) is 9.04. The maximum absolute atomic E-state index is 11.9. The Morgan fingerprint density at radius 2 is 2.10 bits per heavy atom. The minimum absolute atomic E-state index is 0.0955. The van der Waals surface area contributed by atoms with Crippen LogP contribution in [0.25, 0.3) is 0 Å². The van der Waals surface area contributed by atoms with Crippen molar-refractivity contribution in [2.75, 3.05) is 6.61 Å². The molecule has 20 heavy (non-hydrogen) atoms. The Morgan fingerprint density at radius 3 is 2.60 bits per heavy atom. The second-order valence-corrected chi connectivity index (χ2v) is 6.64. The maximum Gasteiger partial charge on any atom is 0.408 e. The second kappa shape index (κ2) is 6.14. The molecule has 1 N–H and O–H groups in total. The molecule has 5 nitrogen and oxygen atoms in total. The van der Waals surface area contributed by atoms with E-state index in [0.717, 1.165) is 0 Å². The van der Waals surface area contributed by atoms with Gasteiger partial charge in [0, 0.05) is 5.92 Å². The fourth-order valence-corrected chi connectivity index (χ4v) is 2.02. The summed E-state index contributed by atoms with van der Waals surface area (Å²) in [5, 5.41) is 2.82. The number of ether oxygens (including phenoxy) is 3. The average Bonchev–Trinajstić information content (AvgIpc) is 2.27. The molecule has 1 heterocycles. The third kappa shape index (κ3) is 5.13. The topological polar surface area (TPSA) is 56.8 Å². The molecule has 1 saturated heterocycles. The minimum Gasteiger partial charge on any atom is -0.444 e. The van der Waals surface area contributed by atoms with E-state index in [0.29, 0.717) is 6.61 Å². The van der Waals surface area contributed by atoms with Crippen molar-refractivity contribution in [2.45, 2.75) is 65.1 Å². The predicted molar refractivity (Wildman–Crippen MR) is 77.4 cm³/mol. The number of nitrogens with one attached hydrogen (secondary N) is 1. The SMILES string of the molecule is C=C[C@@H](C)[C@H]1OC(C)(C)OC[C@@H]1NC(=O)OC(C)(C)C. The number of hydrogen-bond acceptors (Lipinski definition) is 4. The number of alkyl carbamates (subject to hydrolysis) is 1. The van der Waals surface area contributed by atoms with Gasteiger partial charge in [-0.15, -0.1) is 6.58 Å². The van der Waals surface area contributed by atoms with Crippen molar-refractivity contribution in [1.82, 2.24) is 5.32 Å². The van der Waals surface area contributed by atoms with E-state index in [4.69, 9.17) is 14.2 Å². The quantitative estimate of drug-likeness (QED) is 0.810. The summed E-state index contributed by atoms with van der Waals surface area (Å²) in [6.45, 7) is 15.4.